The first-order chi connectivity index (χ1) is 11.8. The first kappa shape index (κ1) is 16.4. The van der Waals surface area contributed by atoms with Crippen LogP contribution in [0.25, 0.3) is 0 Å². The van der Waals surface area contributed by atoms with E-state index in [-0.39, 0.29) is 0 Å². The molecule has 24 heavy (non-hydrogen) atoms. The van der Waals surface area contributed by atoms with Gasteiger partial charge in [0, 0.05) is 0 Å². The van der Waals surface area contributed by atoms with Gasteiger partial charge in [0.2, 0.25) is 0 Å². The van der Waals surface area contributed by atoms with Crippen LogP contribution < -0.4 is 0 Å². The van der Waals surface area contributed by atoms with Crippen LogP contribution in [0.1, 0.15) is 16.7 Å². The van der Waals surface area contributed by atoms with Crippen molar-refractivity contribution in [2.75, 3.05) is 0 Å². The molecule has 2 nitrogen and oxygen atoms in total. The Balaban J connectivity index is 2.39. The average Bonchev–Trinajstić information content (AvgIpc) is 2.68. The van der Waals surface area contributed by atoms with Crippen molar-refractivity contribution in [2.45, 2.75) is 5.04 Å². The molecule has 1 N–H and O–H groups in total. The third-order valence-electron chi connectivity index (χ3n) is 4.44. The van der Waals surface area contributed by atoms with Crippen molar-refractivity contribution in [3.63, 3.8) is 0 Å². The number of benzene rings is 3. The summed E-state index contributed by atoms with van der Waals surface area (Å²) in [5.74, 6) is 0. The predicted octanol–water partition coefficient (Wildman–Crippen LogP) is 4.50. The Hall–Kier alpha value is -2.46. The smallest absolute Gasteiger partial charge is 0.265 e. The average molecular weight is 332 g/mol. The van der Waals surface area contributed by atoms with E-state index in [0.717, 1.165) is 16.7 Å². The Morgan fingerprint density at radius 2 is 1.04 bits per heavy atom. The van der Waals surface area contributed by atoms with Crippen LogP contribution in [0.15, 0.2) is 103 Å². The fraction of sp³-hybridized carbons (Fsp3) is 0.0476. The van der Waals surface area contributed by atoms with Crippen LogP contribution in [0, 0.1) is 0 Å². The van der Waals surface area contributed by atoms with Gasteiger partial charge < -0.3 is 0 Å². The van der Waals surface area contributed by atoms with Gasteiger partial charge >= 0.3 is 0 Å². The topological polar surface area (TPSA) is 29.5 Å². The molecule has 0 saturated heterocycles. The van der Waals surface area contributed by atoms with Crippen LogP contribution in [-0.2, 0) is 9.61 Å². The largest absolute Gasteiger partial charge is 0.286 e. The quantitative estimate of drug-likeness (QED) is 0.312. The molecule has 0 heterocycles. The van der Waals surface area contributed by atoms with Gasteiger partial charge in [-0.15, -0.1) is 6.58 Å². The third-order valence-corrected chi connectivity index (χ3v) is 6.95. The van der Waals surface area contributed by atoms with Crippen molar-refractivity contribution in [1.29, 1.82) is 0 Å². The summed E-state index contributed by atoms with van der Waals surface area (Å²) in [7, 11) is -2.30. The maximum atomic E-state index is 9.74. The molecule has 3 aromatic rings. The van der Waals surface area contributed by atoms with E-state index in [9.17, 15) is 5.26 Å². The summed E-state index contributed by atoms with van der Waals surface area (Å²) in [6.45, 7) is 3.95. The SMILES string of the molecule is C=C[SiH](OO)C(c1ccccc1)(c1ccccc1)c1ccccc1. The van der Waals surface area contributed by atoms with Gasteiger partial charge in [0.25, 0.3) is 9.04 Å². The molecule has 0 aliphatic carbocycles. The van der Waals surface area contributed by atoms with Gasteiger partial charge in [-0.3, -0.25) is 9.83 Å². The van der Waals surface area contributed by atoms with Crippen LogP contribution in [0.3, 0.4) is 0 Å². The van der Waals surface area contributed by atoms with Crippen molar-refractivity contribution in [3.8, 4) is 0 Å². The minimum absolute atomic E-state index is 0.555. The van der Waals surface area contributed by atoms with E-state index in [1.54, 1.807) is 5.70 Å². The summed E-state index contributed by atoms with van der Waals surface area (Å²) in [5, 5.41) is 9.18. The Kier molecular flexibility index (Phi) is 5.06. The van der Waals surface area contributed by atoms with Crippen LogP contribution in [0.5, 0.6) is 0 Å². The van der Waals surface area contributed by atoms with E-state index in [4.69, 9.17) is 4.58 Å². The molecule has 3 heteroatoms. The third kappa shape index (κ3) is 2.74. The molecule has 1 unspecified atom stereocenters. The highest BCUT2D eigenvalue weighted by atomic mass is 28.3. The first-order valence-corrected chi connectivity index (χ1v) is 9.65. The van der Waals surface area contributed by atoms with Crippen molar-refractivity contribution in [2.24, 2.45) is 0 Å². The maximum Gasteiger partial charge on any atom is 0.265 e. The summed E-state index contributed by atoms with van der Waals surface area (Å²) in [5.41, 5.74) is 5.06. The zero-order valence-corrected chi connectivity index (χ0v) is 14.5. The van der Waals surface area contributed by atoms with Gasteiger partial charge in [0.15, 0.2) is 0 Å². The molecule has 0 radical (unpaired) electrons. The van der Waals surface area contributed by atoms with Gasteiger partial charge in [-0.25, -0.2) is 0 Å². The van der Waals surface area contributed by atoms with Crippen LogP contribution in [-0.4, -0.2) is 14.3 Å². The van der Waals surface area contributed by atoms with Crippen molar-refractivity contribution in [3.05, 3.63) is 120 Å². The van der Waals surface area contributed by atoms with E-state index in [1.807, 2.05) is 54.6 Å². The number of hydrogen-bond acceptors (Lipinski definition) is 2. The molecular weight excluding hydrogens is 312 g/mol. The highest BCUT2D eigenvalue weighted by Crippen LogP contribution is 2.41. The zero-order chi connectivity index (χ0) is 16.8. The maximum absolute atomic E-state index is 9.74. The molecule has 3 aromatic carbocycles. The fourth-order valence-corrected chi connectivity index (χ4v) is 5.56. The van der Waals surface area contributed by atoms with E-state index >= 15 is 0 Å². The molecule has 0 aromatic heterocycles. The minimum atomic E-state index is -2.30. The lowest BCUT2D eigenvalue weighted by Gasteiger charge is -2.38. The second-order valence-electron chi connectivity index (χ2n) is 5.67. The molecule has 0 aliphatic rings. The van der Waals surface area contributed by atoms with E-state index in [2.05, 4.69) is 43.0 Å². The number of hydrogen-bond donors (Lipinski definition) is 1. The number of rotatable bonds is 6. The molecule has 0 fully saturated rings. The summed E-state index contributed by atoms with van der Waals surface area (Å²) in [6, 6.07) is 30.6. The molecule has 3 rings (SSSR count). The van der Waals surface area contributed by atoms with Crippen LogP contribution in [0.2, 0.25) is 0 Å². The molecule has 0 bridgehead atoms. The standard InChI is InChI=1S/C21H20O2Si/c1-2-24(23-22)21(18-12-6-3-7-13-18,19-14-8-4-9-15-19)20-16-10-5-11-17-20/h2-17,22,24H,1H2. The first-order valence-electron chi connectivity index (χ1n) is 7.93. The van der Waals surface area contributed by atoms with Crippen molar-refractivity contribution in [1.82, 2.24) is 0 Å². The van der Waals surface area contributed by atoms with Gasteiger partial charge in [0.05, 0.1) is 5.04 Å². The summed E-state index contributed by atoms with van der Waals surface area (Å²) < 4.78 is 5.05. The van der Waals surface area contributed by atoms with Crippen LogP contribution >= 0.6 is 0 Å². The summed E-state index contributed by atoms with van der Waals surface area (Å²) in [4.78, 5) is 0. The lowest BCUT2D eigenvalue weighted by molar-refractivity contribution is -0.145. The predicted molar refractivity (Wildman–Crippen MR) is 100 cm³/mol. The van der Waals surface area contributed by atoms with Gasteiger partial charge in [0.1, 0.15) is 0 Å². The summed E-state index contributed by atoms with van der Waals surface area (Å²) in [6.07, 6.45) is 0. The molecule has 0 aliphatic heterocycles. The summed E-state index contributed by atoms with van der Waals surface area (Å²) >= 11 is 0. The lowest BCUT2D eigenvalue weighted by Crippen LogP contribution is -2.46. The molecule has 0 saturated carbocycles. The van der Waals surface area contributed by atoms with Crippen molar-refractivity contribution < 1.29 is 9.83 Å². The Bertz CT molecular complexity index is 676. The Labute approximate surface area is 144 Å². The van der Waals surface area contributed by atoms with Gasteiger partial charge in [-0.05, 0) is 16.7 Å². The second kappa shape index (κ2) is 7.40. The highest BCUT2D eigenvalue weighted by molar-refractivity contribution is 6.62. The Morgan fingerprint density at radius 1 is 0.708 bits per heavy atom. The van der Waals surface area contributed by atoms with Crippen LogP contribution in [0.4, 0.5) is 0 Å². The Morgan fingerprint density at radius 3 is 1.29 bits per heavy atom. The highest BCUT2D eigenvalue weighted by Gasteiger charge is 2.45. The minimum Gasteiger partial charge on any atom is -0.286 e. The fourth-order valence-electron chi connectivity index (χ4n) is 3.39. The molecule has 120 valence electrons. The lowest BCUT2D eigenvalue weighted by atomic mass is 9.84. The molecular formula is C21H20O2Si. The van der Waals surface area contributed by atoms with Crippen molar-refractivity contribution >= 4 is 9.04 Å². The van der Waals surface area contributed by atoms with E-state index in [0.29, 0.717) is 0 Å². The van der Waals surface area contributed by atoms with Gasteiger partial charge in [-0.2, -0.15) is 0 Å². The molecule has 1 atom stereocenters. The monoisotopic (exact) mass is 332 g/mol. The second-order valence-corrected chi connectivity index (χ2v) is 8.06. The van der Waals surface area contributed by atoms with E-state index in [1.165, 1.54) is 0 Å². The zero-order valence-electron chi connectivity index (χ0n) is 13.4. The van der Waals surface area contributed by atoms with E-state index < -0.39 is 14.1 Å². The normalized spacial score (nSPS) is 12.5. The molecule has 0 amide bonds. The molecule has 0 spiro atoms. The van der Waals surface area contributed by atoms with Gasteiger partial charge in [-0.1, -0.05) is 96.7 Å².